The van der Waals surface area contributed by atoms with Gasteiger partial charge in [0.25, 0.3) is 0 Å². The highest BCUT2D eigenvalue weighted by Crippen LogP contribution is 2.28. The number of aryl methyl sites for hydroxylation is 1. The smallest absolute Gasteiger partial charge is 0.243 e. The topological polar surface area (TPSA) is 87.2 Å². The van der Waals surface area contributed by atoms with E-state index in [1.807, 2.05) is 6.07 Å². The van der Waals surface area contributed by atoms with Gasteiger partial charge in [-0.25, -0.2) is 8.42 Å². The Labute approximate surface area is 126 Å². The molecule has 1 fully saturated rings. The Balaban J connectivity index is 2.43. The summed E-state index contributed by atoms with van der Waals surface area (Å²) >= 11 is 0. The van der Waals surface area contributed by atoms with E-state index < -0.39 is 10.0 Å². The number of piperidine rings is 1. The van der Waals surface area contributed by atoms with Gasteiger partial charge in [0.05, 0.1) is 16.5 Å². The number of rotatable bonds is 4. The summed E-state index contributed by atoms with van der Waals surface area (Å²) in [5, 5.41) is 8.99. The Kier molecular flexibility index (Phi) is 4.99. The minimum atomic E-state index is -3.57. The first-order valence-electron chi connectivity index (χ1n) is 7.23. The third-order valence-corrected chi connectivity index (χ3v) is 6.07. The van der Waals surface area contributed by atoms with Gasteiger partial charge < -0.3 is 5.73 Å². The van der Waals surface area contributed by atoms with Crippen molar-refractivity contribution in [3.8, 4) is 6.07 Å². The predicted octanol–water partition coefficient (Wildman–Crippen LogP) is 1.76. The van der Waals surface area contributed by atoms with Crippen molar-refractivity contribution in [2.75, 3.05) is 13.1 Å². The highest BCUT2D eigenvalue weighted by Gasteiger charge is 2.33. The van der Waals surface area contributed by atoms with Crippen LogP contribution < -0.4 is 5.73 Å². The molecule has 1 aromatic carbocycles. The van der Waals surface area contributed by atoms with E-state index in [9.17, 15) is 8.42 Å². The molecule has 2 rings (SSSR count). The first kappa shape index (κ1) is 16.0. The van der Waals surface area contributed by atoms with Crippen molar-refractivity contribution in [1.82, 2.24) is 4.31 Å². The lowest BCUT2D eigenvalue weighted by atomic mass is 10.0. The van der Waals surface area contributed by atoms with Crippen LogP contribution in [0.1, 0.15) is 36.8 Å². The van der Waals surface area contributed by atoms with Crippen LogP contribution in [0.3, 0.4) is 0 Å². The van der Waals surface area contributed by atoms with Crippen LogP contribution in [-0.2, 0) is 10.0 Å². The summed E-state index contributed by atoms with van der Waals surface area (Å²) in [6.45, 7) is 2.77. The Morgan fingerprint density at radius 1 is 1.43 bits per heavy atom. The van der Waals surface area contributed by atoms with Gasteiger partial charge in [0, 0.05) is 12.6 Å². The summed E-state index contributed by atoms with van der Waals surface area (Å²) < 4.78 is 27.5. The van der Waals surface area contributed by atoms with Gasteiger partial charge in [-0.3, -0.25) is 0 Å². The summed E-state index contributed by atoms with van der Waals surface area (Å²) in [5.74, 6) is 0. The lowest BCUT2D eigenvalue weighted by Gasteiger charge is -2.34. The van der Waals surface area contributed by atoms with E-state index in [0.29, 0.717) is 30.6 Å². The lowest BCUT2D eigenvalue weighted by molar-refractivity contribution is 0.243. The van der Waals surface area contributed by atoms with Gasteiger partial charge in [-0.2, -0.15) is 9.57 Å². The minimum Gasteiger partial charge on any atom is -0.330 e. The molecule has 0 amide bonds. The minimum absolute atomic E-state index is 0.0288. The van der Waals surface area contributed by atoms with E-state index in [4.69, 9.17) is 11.0 Å². The molecule has 0 aliphatic carbocycles. The van der Waals surface area contributed by atoms with E-state index >= 15 is 0 Å². The SMILES string of the molecule is Cc1ccc(C#N)cc1S(=O)(=O)N1CCCCC1CCN. The normalized spacial score (nSPS) is 20.1. The fraction of sp³-hybridized carbons (Fsp3) is 0.533. The van der Waals surface area contributed by atoms with Crippen molar-refractivity contribution in [1.29, 1.82) is 5.26 Å². The quantitative estimate of drug-likeness (QED) is 0.918. The largest absolute Gasteiger partial charge is 0.330 e. The highest BCUT2D eigenvalue weighted by molar-refractivity contribution is 7.89. The summed E-state index contributed by atoms with van der Waals surface area (Å²) in [6.07, 6.45) is 3.44. The zero-order chi connectivity index (χ0) is 15.5. The maximum Gasteiger partial charge on any atom is 0.243 e. The van der Waals surface area contributed by atoms with Crippen LogP contribution in [-0.4, -0.2) is 31.9 Å². The van der Waals surface area contributed by atoms with Crippen molar-refractivity contribution in [2.45, 2.75) is 43.5 Å². The Hall–Kier alpha value is -1.42. The van der Waals surface area contributed by atoms with Crippen LogP contribution in [0.2, 0.25) is 0 Å². The molecule has 1 heterocycles. The van der Waals surface area contributed by atoms with Gasteiger partial charge in [-0.15, -0.1) is 0 Å². The maximum absolute atomic E-state index is 12.9. The molecule has 0 spiro atoms. The third-order valence-electron chi connectivity index (χ3n) is 3.98. The Morgan fingerprint density at radius 3 is 2.86 bits per heavy atom. The molecule has 1 atom stereocenters. The number of hydrogen-bond donors (Lipinski definition) is 1. The van der Waals surface area contributed by atoms with Crippen LogP contribution in [0.4, 0.5) is 0 Å². The molecule has 0 radical (unpaired) electrons. The number of benzene rings is 1. The first-order valence-corrected chi connectivity index (χ1v) is 8.67. The molecule has 21 heavy (non-hydrogen) atoms. The monoisotopic (exact) mass is 307 g/mol. The molecule has 6 heteroatoms. The van der Waals surface area contributed by atoms with Crippen molar-refractivity contribution in [2.24, 2.45) is 5.73 Å². The van der Waals surface area contributed by atoms with Crippen LogP contribution >= 0.6 is 0 Å². The first-order chi connectivity index (χ1) is 10.0. The van der Waals surface area contributed by atoms with Gasteiger partial charge in [-0.05, 0) is 50.4 Å². The number of nitriles is 1. The van der Waals surface area contributed by atoms with Crippen molar-refractivity contribution in [3.05, 3.63) is 29.3 Å². The average Bonchev–Trinajstić information content (AvgIpc) is 2.48. The summed E-state index contributed by atoms with van der Waals surface area (Å²) in [5.41, 5.74) is 6.65. The highest BCUT2D eigenvalue weighted by atomic mass is 32.2. The molecule has 1 saturated heterocycles. The standard InChI is InChI=1S/C15H21N3O2S/c1-12-5-6-13(11-17)10-15(12)21(19,20)18-9-3-2-4-14(18)7-8-16/h5-6,10,14H,2-4,7-9,16H2,1H3. The predicted molar refractivity (Wildman–Crippen MR) is 81.1 cm³/mol. The fourth-order valence-corrected chi connectivity index (χ4v) is 4.82. The molecule has 0 bridgehead atoms. The lowest BCUT2D eigenvalue weighted by Crippen LogP contribution is -2.44. The third kappa shape index (κ3) is 3.26. The summed E-state index contributed by atoms with van der Waals surface area (Å²) in [4.78, 5) is 0.241. The summed E-state index contributed by atoms with van der Waals surface area (Å²) in [6, 6.07) is 6.77. The van der Waals surface area contributed by atoms with Gasteiger partial charge in [0.1, 0.15) is 0 Å². The average molecular weight is 307 g/mol. The zero-order valence-corrected chi connectivity index (χ0v) is 13.1. The molecule has 1 aromatic rings. The Morgan fingerprint density at radius 2 is 2.19 bits per heavy atom. The van der Waals surface area contributed by atoms with Crippen LogP contribution in [0, 0.1) is 18.3 Å². The van der Waals surface area contributed by atoms with Gasteiger partial charge >= 0.3 is 0 Å². The zero-order valence-electron chi connectivity index (χ0n) is 12.2. The van der Waals surface area contributed by atoms with E-state index in [2.05, 4.69) is 0 Å². The van der Waals surface area contributed by atoms with Crippen LogP contribution in [0.15, 0.2) is 23.1 Å². The maximum atomic E-state index is 12.9. The van der Waals surface area contributed by atoms with Crippen molar-refractivity contribution >= 4 is 10.0 Å². The molecule has 1 aliphatic heterocycles. The molecule has 0 saturated carbocycles. The van der Waals surface area contributed by atoms with E-state index in [1.165, 1.54) is 6.07 Å². The van der Waals surface area contributed by atoms with Crippen LogP contribution in [0.5, 0.6) is 0 Å². The number of hydrogen-bond acceptors (Lipinski definition) is 4. The molecule has 1 unspecified atom stereocenters. The van der Waals surface area contributed by atoms with E-state index in [0.717, 1.165) is 19.3 Å². The number of nitrogens with two attached hydrogens (primary N) is 1. The van der Waals surface area contributed by atoms with Gasteiger partial charge in [0.15, 0.2) is 0 Å². The number of nitrogens with zero attached hydrogens (tertiary/aromatic N) is 2. The van der Waals surface area contributed by atoms with Crippen molar-refractivity contribution in [3.63, 3.8) is 0 Å². The molecule has 0 aromatic heterocycles. The second kappa shape index (κ2) is 6.56. The Bertz CT molecular complexity index is 647. The second-order valence-corrected chi connectivity index (χ2v) is 7.29. The van der Waals surface area contributed by atoms with Gasteiger partial charge in [-0.1, -0.05) is 12.5 Å². The van der Waals surface area contributed by atoms with Crippen molar-refractivity contribution < 1.29 is 8.42 Å². The molecular formula is C15H21N3O2S. The summed E-state index contributed by atoms with van der Waals surface area (Å²) in [7, 11) is -3.57. The number of sulfonamides is 1. The molecule has 1 aliphatic rings. The van der Waals surface area contributed by atoms with E-state index in [1.54, 1.807) is 23.4 Å². The molecular weight excluding hydrogens is 286 g/mol. The molecule has 2 N–H and O–H groups in total. The van der Waals surface area contributed by atoms with E-state index in [-0.39, 0.29) is 10.9 Å². The second-order valence-electron chi connectivity index (χ2n) is 5.43. The fourth-order valence-electron chi connectivity index (χ4n) is 2.85. The molecule has 114 valence electrons. The molecule has 5 nitrogen and oxygen atoms in total. The van der Waals surface area contributed by atoms with Gasteiger partial charge in [0.2, 0.25) is 10.0 Å². The van der Waals surface area contributed by atoms with Crippen LogP contribution in [0.25, 0.3) is 0 Å².